The standard InChI is InChI=1S/C8H5F3INO2/c1-15-8(14)5-4(9)2-3(6(10)11)7(12)13-5/h2,6H,1H3. The molecule has 0 aliphatic rings. The summed E-state index contributed by atoms with van der Waals surface area (Å²) >= 11 is 1.50. The zero-order valence-corrected chi connectivity index (χ0v) is 9.59. The average Bonchev–Trinajstić information content (AvgIpc) is 2.19. The molecule has 3 nitrogen and oxygen atoms in total. The van der Waals surface area contributed by atoms with Crippen molar-refractivity contribution in [2.45, 2.75) is 6.43 Å². The molecule has 0 amide bonds. The third kappa shape index (κ3) is 2.58. The number of nitrogens with zero attached hydrogens (tertiary/aromatic N) is 1. The number of hydrogen-bond acceptors (Lipinski definition) is 3. The zero-order chi connectivity index (χ0) is 11.6. The van der Waals surface area contributed by atoms with Gasteiger partial charge in [0.15, 0.2) is 11.5 Å². The number of carbonyl (C=O) groups is 1. The molecule has 0 spiro atoms. The number of alkyl halides is 2. The van der Waals surface area contributed by atoms with Gasteiger partial charge in [0.25, 0.3) is 6.43 Å². The summed E-state index contributed by atoms with van der Waals surface area (Å²) in [7, 11) is 1.05. The minimum Gasteiger partial charge on any atom is -0.464 e. The Balaban J connectivity index is 3.25. The van der Waals surface area contributed by atoms with E-state index in [2.05, 4.69) is 9.72 Å². The Bertz CT molecular complexity index is 398. The molecule has 7 heteroatoms. The molecule has 15 heavy (non-hydrogen) atoms. The van der Waals surface area contributed by atoms with E-state index < -0.39 is 29.5 Å². The largest absolute Gasteiger partial charge is 0.464 e. The van der Waals surface area contributed by atoms with Gasteiger partial charge in [-0.15, -0.1) is 0 Å². The predicted molar refractivity (Wildman–Crippen MR) is 53.2 cm³/mol. The fourth-order valence-corrected chi connectivity index (χ4v) is 1.51. The molecule has 1 rings (SSSR count). The van der Waals surface area contributed by atoms with Crippen LogP contribution in [0, 0.1) is 9.52 Å². The molecule has 0 unspecified atom stereocenters. The highest BCUT2D eigenvalue weighted by Gasteiger charge is 2.21. The van der Waals surface area contributed by atoms with Gasteiger partial charge in [0, 0.05) is 0 Å². The molecule has 0 fully saturated rings. The van der Waals surface area contributed by atoms with Crippen LogP contribution in [-0.2, 0) is 4.74 Å². The molecule has 0 saturated heterocycles. The highest BCUT2D eigenvalue weighted by molar-refractivity contribution is 14.1. The van der Waals surface area contributed by atoms with Crippen LogP contribution in [0.5, 0.6) is 0 Å². The Morgan fingerprint density at radius 2 is 2.20 bits per heavy atom. The maximum absolute atomic E-state index is 13.1. The first-order valence-electron chi connectivity index (χ1n) is 3.69. The average molecular weight is 331 g/mol. The Kier molecular flexibility index (Phi) is 3.89. The number of esters is 1. The van der Waals surface area contributed by atoms with E-state index >= 15 is 0 Å². The van der Waals surface area contributed by atoms with Gasteiger partial charge < -0.3 is 4.74 Å². The van der Waals surface area contributed by atoms with Crippen molar-refractivity contribution < 1.29 is 22.7 Å². The molecule has 0 N–H and O–H groups in total. The van der Waals surface area contributed by atoms with Crippen molar-refractivity contribution in [3.8, 4) is 0 Å². The third-order valence-electron chi connectivity index (χ3n) is 1.57. The van der Waals surface area contributed by atoms with Crippen LogP contribution in [0.25, 0.3) is 0 Å². The van der Waals surface area contributed by atoms with Gasteiger partial charge >= 0.3 is 5.97 Å². The maximum atomic E-state index is 13.1. The molecule has 1 aromatic rings. The number of aromatic nitrogens is 1. The summed E-state index contributed by atoms with van der Waals surface area (Å²) in [5, 5.41) is 0. The molecule has 1 heterocycles. The first kappa shape index (κ1) is 12.2. The van der Waals surface area contributed by atoms with E-state index in [1.165, 1.54) is 22.6 Å². The number of methoxy groups -OCH3 is 1. The van der Waals surface area contributed by atoms with Crippen LogP contribution in [0.1, 0.15) is 22.5 Å². The molecule has 0 atom stereocenters. The van der Waals surface area contributed by atoms with Gasteiger partial charge in [0.2, 0.25) is 0 Å². The van der Waals surface area contributed by atoms with Gasteiger partial charge in [0.1, 0.15) is 3.70 Å². The molecule has 82 valence electrons. The second kappa shape index (κ2) is 4.77. The second-order valence-electron chi connectivity index (χ2n) is 2.49. The summed E-state index contributed by atoms with van der Waals surface area (Å²) in [6.07, 6.45) is -2.83. The van der Waals surface area contributed by atoms with Crippen LogP contribution in [0.3, 0.4) is 0 Å². The predicted octanol–water partition coefficient (Wildman–Crippen LogP) is 2.55. The van der Waals surface area contributed by atoms with Gasteiger partial charge in [-0.05, 0) is 28.7 Å². The van der Waals surface area contributed by atoms with Crippen LogP contribution in [-0.4, -0.2) is 18.1 Å². The quantitative estimate of drug-likeness (QED) is 0.475. The van der Waals surface area contributed by atoms with E-state index in [1.54, 1.807) is 0 Å². The summed E-state index contributed by atoms with van der Waals surface area (Å²) < 4.78 is 41.8. The molecule has 0 radical (unpaired) electrons. The van der Waals surface area contributed by atoms with E-state index in [0.717, 1.165) is 7.11 Å². The van der Waals surface area contributed by atoms with Crippen molar-refractivity contribution in [2.75, 3.05) is 7.11 Å². The van der Waals surface area contributed by atoms with Gasteiger partial charge in [-0.3, -0.25) is 0 Å². The Morgan fingerprint density at radius 1 is 1.60 bits per heavy atom. The summed E-state index contributed by atoms with van der Waals surface area (Å²) in [5.74, 6) is -2.11. The van der Waals surface area contributed by atoms with E-state index in [-0.39, 0.29) is 3.70 Å². The molecule has 0 aliphatic heterocycles. The first-order valence-corrected chi connectivity index (χ1v) is 4.77. The molecule has 0 aromatic carbocycles. The van der Waals surface area contributed by atoms with Crippen molar-refractivity contribution in [2.24, 2.45) is 0 Å². The Morgan fingerprint density at radius 3 is 2.67 bits per heavy atom. The normalized spacial score (nSPS) is 10.5. The van der Waals surface area contributed by atoms with E-state index in [1.807, 2.05) is 0 Å². The fraction of sp³-hybridized carbons (Fsp3) is 0.250. The van der Waals surface area contributed by atoms with E-state index in [9.17, 15) is 18.0 Å². The lowest BCUT2D eigenvalue weighted by Gasteiger charge is -2.05. The minimum absolute atomic E-state index is 0.121. The molecular weight excluding hydrogens is 326 g/mol. The summed E-state index contributed by atoms with van der Waals surface area (Å²) in [5.41, 5.74) is -1.13. The van der Waals surface area contributed by atoms with Crippen molar-refractivity contribution in [3.63, 3.8) is 0 Å². The minimum atomic E-state index is -2.83. The SMILES string of the molecule is COC(=O)c1nc(I)c(C(F)F)cc1F. The number of hydrogen-bond donors (Lipinski definition) is 0. The lowest BCUT2D eigenvalue weighted by molar-refractivity contribution is 0.0587. The van der Waals surface area contributed by atoms with Crippen molar-refractivity contribution >= 4 is 28.6 Å². The second-order valence-corrected chi connectivity index (χ2v) is 3.51. The maximum Gasteiger partial charge on any atom is 0.359 e. The Labute approximate surface area is 96.8 Å². The molecule has 0 saturated carbocycles. The van der Waals surface area contributed by atoms with Crippen LogP contribution in [0.2, 0.25) is 0 Å². The van der Waals surface area contributed by atoms with Crippen molar-refractivity contribution in [3.05, 3.63) is 26.8 Å². The lowest BCUT2D eigenvalue weighted by atomic mass is 10.2. The van der Waals surface area contributed by atoms with Crippen molar-refractivity contribution in [1.82, 2.24) is 4.98 Å². The number of ether oxygens (including phenoxy) is 1. The molecule has 0 aliphatic carbocycles. The fourth-order valence-electron chi connectivity index (χ4n) is 0.873. The van der Waals surface area contributed by atoms with Gasteiger partial charge in [-0.25, -0.2) is 22.9 Å². The summed E-state index contributed by atoms with van der Waals surface area (Å²) in [6, 6.07) is 0.589. The lowest BCUT2D eigenvalue weighted by Crippen LogP contribution is -2.10. The zero-order valence-electron chi connectivity index (χ0n) is 7.43. The number of carbonyl (C=O) groups excluding carboxylic acids is 1. The number of halogens is 4. The van der Waals surface area contributed by atoms with Crippen LogP contribution < -0.4 is 0 Å². The Hall–Kier alpha value is -0.860. The highest BCUT2D eigenvalue weighted by atomic mass is 127. The number of rotatable bonds is 2. The van der Waals surface area contributed by atoms with Crippen LogP contribution in [0.4, 0.5) is 13.2 Å². The van der Waals surface area contributed by atoms with Crippen LogP contribution >= 0.6 is 22.6 Å². The molecule has 1 aromatic heterocycles. The van der Waals surface area contributed by atoms with Gasteiger partial charge in [-0.2, -0.15) is 0 Å². The monoisotopic (exact) mass is 331 g/mol. The van der Waals surface area contributed by atoms with Gasteiger partial charge in [-0.1, -0.05) is 0 Å². The van der Waals surface area contributed by atoms with Gasteiger partial charge in [0.05, 0.1) is 12.7 Å². The summed E-state index contributed by atoms with van der Waals surface area (Å²) in [4.78, 5) is 14.4. The topological polar surface area (TPSA) is 39.2 Å². The van der Waals surface area contributed by atoms with E-state index in [4.69, 9.17) is 0 Å². The van der Waals surface area contributed by atoms with Crippen molar-refractivity contribution in [1.29, 1.82) is 0 Å². The summed E-state index contributed by atoms with van der Waals surface area (Å²) in [6.45, 7) is 0. The van der Waals surface area contributed by atoms with Crippen LogP contribution in [0.15, 0.2) is 6.07 Å². The number of pyridine rings is 1. The molecule has 0 bridgehead atoms. The third-order valence-corrected chi connectivity index (χ3v) is 2.43. The first-order chi connectivity index (χ1) is 6.97. The smallest absolute Gasteiger partial charge is 0.359 e. The molecular formula is C8H5F3INO2. The van der Waals surface area contributed by atoms with E-state index in [0.29, 0.717) is 6.07 Å². The highest BCUT2D eigenvalue weighted by Crippen LogP contribution is 2.25.